The molecule has 146 valence electrons. The first-order valence-corrected chi connectivity index (χ1v) is 9.71. The second-order valence-corrected chi connectivity index (χ2v) is 7.53. The Morgan fingerprint density at radius 2 is 2.07 bits per heavy atom. The van der Waals surface area contributed by atoms with Gasteiger partial charge in [0.15, 0.2) is 0 Å². The van der Waals surface area contributed by atoms with E-state index in [1.165, 1.54) is 0 Å². The van der Waals surface area contributed by atoms with Crippen LogP contribution in [0.25, 0.3) is 11.0 Å². The maximum absolute atomic E-state index is 9.64. The third kappa shape index (κ3) is 3.18. The van der Waals surface area contributed by atoms with E-state index in [-0.39, 0.29) is 6.10 Å². The van der Waals surface area contributed by atoms with Gasteiger partial charge in [0.05, 0.1) is 36.0 Å². The molecule has 2 saturated heterocycles. The van der Waals surface area contributed by atoms with Crippen molar-refractivity contribution in [3.63, 3.8) is 0 Å². The molecule has 0 amide bonds. The van der Waals surface area contributed by atoms with E-state index >= 15 is 0 Å². The molecule has 2 aliphatic rings. The second-order valence-electron chi connectivity index (χ2n) is 7.53. The van der Waals surface area contributed by atoms with Crippen molar-refractivity contribution in [1.82, 2.24) is 19.5 Å². The number of anilines is 2. The van der Waals surface area contributed by atoms with E-state index in [1.54, 1.807) is 0 Å². The zero-order valence-corrected chi connectivity index (χ0v) is 15.9. The first-order chi connectivity index (χ1) is 13.7. The molecule has 0 aliphatic carbocycles. The number of nitrogens with zero attached hydrogens (tertiary/aromatic N) is 5. The van der Waals surface area contributed by atoms with Gasteiger partial charge >= 0.3 is 0 Å². The van der Waals surface area contributed by atoms with Crippen LogP contribution in [0.3, 0.4) is 0 Å². The molecule has 3 aromatic rings. The molecule has 0 saturated carbocycles. The SMILES string of the molecule is Cn1c(CNc2cc([C@H]3CCOC3)nc(N3CC(O)C3)n2)nc2ccccc21. The number of ether oxygens (including phenoxy) is 1. The van der Waals surface area contributed by atoms with Crippen molar-refractivity contribution in [3.05, 3.63) is 41.9 Å². The van der Waals surface area contributed by atoms with E-state index in [0.717, 1.165) is 41.4 Å². The minimum Gasteiger partial charge on any atom is -0.389 e. The van der Waals surface area contributed by atoms with Crippen LogP contribution in [0.5, 0.6) is 0 Å². The normalized spacial score (nSPS) is 19.9. The van der Waals surface area contributed by atoms with E-state index in [1.807, 2.05) is 36.2 Å². The quantitative estimate of drug-likeness (QED) is 0.696. The Hall–Kier alpha value is -2.71. The Balaban J connectivity index is 1.40. The fourth-order valence-corrected chi connectivity index (χ4v) is 3.80. The van der Waals surface area contributed by atoms with Gasteiger partial charge in [-0.25, -0.2) is 9.97 Å². The largest absolute Gasteiger partial charge is 0.389 e. The van der Waals surface area contributed by atoms with Gasteiger partial charge in [-0.2, -0.15) is 4.98 Å². The minimum atomic E-state index is -0.293. The fourth-order valence-electron chi connectivity index (χ4n) is 3.80. The first kappa shape index (κ1) is 17.4. The number of nitrogens with one attached hydrogen (secondary N) is 1. The Morgan fingerprint density at radius 3 is 2.82 bits per heavy atom. The summed E-state index contributed by atoms with van der Waals surface area (Å²) >= 11 is 0. The molecule has 28 heavy (non-hydrogen) atoms. The molecule has 2 aliphatic heterocycles. The molecule has 1 atom stereocenters. The monoisotopic (exact) mass is 380 g/mol. The lowest BCUT2D eigenvalue weighted by atomic mass is 10.0. The first-order valence-electron chi connectivity index (χ1n) is 9.71. The predicted molar refractivity (Wildman–Crippen MR) is 106 cm³/mol. The number of rotatable bonds is 5. The summed E-state index contributed by atoms with van der Waals surface area (Å²) in [6.07, 6.45) is 0.682. The van der Waals surface area contributed by atoms with Gasteiger partial charge in [0.25, 0.3) is 0 Å². The number of aliphatic hydroxyl groups excluding tert-OH is 1. The zero-order valence-electron chi connectivity index (χ0n) is 15.9. The second kappa shape index (κ2) is 7.03. The lowest BCUT2D eigenvalue weighted by Crippen LogP contribution is -2.51. The molecule has 8 heteroatoms. The van der Waals surface area contributed by atoms with E-state index in [2.05, 4.69) is 20.9 Å². The third-order valence-corrected chi connectivity index (χ3v) is 5.53. The van der Waals surface area contributed by atoms with Crippen molar-refractivity contribution >= 4 is 22.8 Å². The number of β-amino-alcohol motifs (C(OH)–C–C–N with tert-alkyl or cyclic N) is 1. The highest BCUT2D eigenvalue weighted by Crippen LogP contribution is 2.28. The van der Waals surface area contributed by atoms with Crippen LogP contribution >= 0.6 is 0 Å². The van der Waals surface area contributed by atoms with Crippen LogP contribution in [0.15, 0.2) is 30.3 Å². The Morgan fingerprint density at radius 1 is 1.21 bits per heavy atom. The lowest BCUT2D eigenvalue weighted by Gasteiger charge is -2.36. The summed E-state index contributed by atoms with van der Waals surface area (Å²) < 4.78 is 7.64. The standard InChI is InChI=1S/C20H24N6O2/c1-25-17-5-3-2-4-15(17)22-19(25)9-21-18-8-16(13-6-7-28-12-13)23-20(24-18)26-10-14(27)11-26/h2-5,8,13-14,27H,6-7,9-12H2,1H3,(H,21,23,24)/t13-/m0/s1. The molecule has 0 radical (unpaired) electrons. The Bertz CT molecular complexity index is 992. The molecule has 5 rings (SSSR count). The Labute approximate surface area is 163 Å². The average Bonchev–Trinajstić information content (AvgIpc) is 3.33. The van der Waals surface area contributed by atoms with Crippen LogP contribution in [-0.4, -0.2) is 57.0 Å². The van der Waals surface area contributed by atoms with Gasteiger partial charge in [-0.1, -0.05) is 12.1 Å². The maximum atomic E-state index is 9.64. The highest BCUT2D eigenvalue weighted by molar-refractivity contribution is 5.75. The molecule has 2 aromatic heterocycles. The van der Waals surface area contributed by atoms with Crippen molar-refractivity contribution in [2.75, 3.05) is 36.5 Å². The highest BCUT2D eigenvalue weighted by atomic mass is 16.5. The van der Waals surface area contributed by atoms with Gasteiger partial charge in [0.2, 0.25) is 5.95 Å². The molecular formula is C20H24N6O2. The lowest BCUT2D eigenvalue weighted by molar-refractivity contribution is 0.140. The average molecular weight is 380 g/mol. The number of aliphatic hydroxyl groups is 1. The summed E-state index contributed by atoms with van der Waals surface area (Å²) in [6.45, 7) is 3.20. The van der Waals surface area contributed by atoms with Gasteiger partial charge in [0, 0.05) is 38.7 Å². The topological polar surface area (TPSA) is 88.3 Å². The number of aryl methyl sites for hydroxylation is 1. The number of fused-ring (bicyclic) bond motifs is 1. The molecule has 8 nitrogen and oxygen atoms in total. The summed E-state index contributed by atoms with van der Waals surface area (Å²) in [6, 6.07) is 10.1. The summed E-state index contributed by atoms with van der Waals surface area (Å²) in [5, 5.41) is 13.1. The molecular weight excluding hydrogens is 356 g/mol. The number of hydrogen-bond donors (Lipinski definition) is 2. The van der Waals surface area contributed by atoms with Crippen molar-refractivity contribution in [1.29, 1.82) is 0 Å². The number of imidazole rings is 1. The minimum absolute atomic E-state index is 0.293. The van der Waals surface area contributed by atoms with Crippen LogP contribution in [0.2, 0.25) is 0 Å². The number of hydrogen-bond acceptors (Lipinski definition) is 7. The summed E-state index contributed by atoms with van der Waals surface area (Å²) in [7, 11) is 2.03. The van der Waals surface area contributed by atoms with Gasteiger partial charge < -0.3 is 24.6 Å². The molecule has 2 N–H and O–H groups in total. The van der Waals surface area contributed by atoms with Gasteiger partial charge in [-0.3, -0.25) is 0 Å². The van der Waals surface area contributed by atoms with E-state index in [4.69, 9.17) is 14.7 Å². The summed E-state index contributed by atoms with van der Waals surface area (Å²) in [4.78, 5) is 16.1. The van der Waals surface area contributed by atoms with Crippen molar-refractivity contribution in [2.24, 2.45) is 7.05 Å². The van der Waals surface area contributed by atoms with Gasteiger partial charge in [-0.05, 0) is 18.6 Å². The van der Waals surface area contributed by atoms with Crippen molar-refractivity contribution < 1.29 is 9.84 Å². The van der Waals surface area contributed by atoms with E-state index in [0.29, 0.717) is 38.1 Å². The number of para-hydroxylation sites is 2. The number of aromatic nitrogens is 4. The van der Waals surface area contributed by atoms with Crippen LogP contribution < -0.4 is 10.2 Å². The summed E-state index contributed by atoms with van der Waals surface area (Å²) in [5.74, 6) is 2.69. The van der Waals surface area contributed by atoms with Crippen LogP contribution in [-0.2, 0) is 18.3 Å². The van der Waals surface area contributed by atoms with Gasteiger partial charge in [-0.15, -0.1) is 0 Å². The van der Waals surface area contributed by atoms with Crippen LogP contribution in [0.1, 0.15) is 23.9 Å². The zero-order chi connectivity index (χ0) is 19.1. The Kier molecular flexibility index (Phi) is 4.37. The molecule has 0 spiro atoms. The molecule has 0 bridgehead atoms. The van der Waals surface area contributed by atoms with Crippen molar-refractivity contribution in [3.8, 4) is 0 Å². The fraction of sp³-hybridized carbons (Fsp3) is 0.450. The maximum Gasteiger partial charge on any atom is 0.227 e. The number of benzene rings is 1. The van der Waals surface area contributed by atoms with E-state index < -0.39 is 0 Å². The van der Waals surface area contributed by atoms with Gasteiger partial charge in [0.1, 0.15) is 11.6 Å². The van der Waals surface area contributed by atoms with E-state index in [9.17, 15) is 5.11 Å². The summed E-state index contributed by atoms with van der Waals surface area (Å²) in [5.41, 5.74) is 3.10. The smallest absolute Gasteiger partial charge is 0.227 e. The predicted octanol–water partition coefficient (Wildman–Crippen LogP) is 1.66. The van der Waals surface area contributed by atoms with Crippen LogP contribution in [0.4, 0.5) is 11.8 Å². The molecule has 1 aromatic carbocycles. The van der Waals surface area contributed by atoms with Crippen molar-refractivity contribution in [2.45, 2.75) is 25.0 Å². The molecule has 0 unspecified atom stereocenters. The third-order valence-electron chi connectivity index (χ3n) is 5.53. The van der Waals surface area contributed by atoms with Crippen LogP contribution in [0, 0.1) is 0 Å². The molecule has 4 heterocycles. The molecule has 2 fully saturated rings. The highest BCUT2D eigenvalue weighted by Gasteiger charge is 2.29.